The molecule has 9 heteroatoms. The van der Waals surface area contributed by atoms with Crippen molar-refractivity contribution in [3.63, 3.8) is 0 Å². The Kier molecular flexibility index (Phi) is 6.44. The Balaban J connectivity index is 1.68. The third kappa shape index (κ3) is 4.09. The number of nitrogens with zero attached hydrogens (tertiary/aromatic N) is 3. The number of hydrogen-bond acceptors (Lipinski definition) is 4. The fourth-order valence-electron chi connectivity index (χ4n) is 4.58. The van der Waals surface area contributed by atoms with E-state index >= 15 is 0 Å². The van der Waals surface area contributed by atoms with E-state index in [0.717, 1.165) is 0 Å². The van der Waals surface area contributed by atoms with Gasteiger partial charge in [-0.2, -0.15) is 0 Å². The average molecular weight is 461 g/mol. The second kappa shape index (κ2) is 9.11. The molecule has 0 aliphatic carbocycles. The van der Waals surface area contributed by atoms with E-state index in [2.05, 4.69) is 5.32 Å². The van der Waals surface area contributed by atoms with Crippen LogP contribution in [-0.2, 0) is 14.3 Å². The van der Waals surface area contributed by atoms with Crippen LogP contribution in [0.2, 0.25) is 5.02 Å². The van der Waals surface area contributed by atoms with Crippen LogP contribution in [-0.4, -0.2) is 78.5 Å². The third-order valence-corrected chi connectivity index (χ3v) is 6.63. The number of morpholine rings is 1. The minimum Gasteiger partial charge on any atom is -0.378 e. The highest BCUT2D eigenvalue weighted by Crippen LogP contribution is 2.39. The smallest absolute Gasteiger partial charge is 0.322 e. The number of amides is 4. The van der Waals surface area contributed by atoms with E-state index in [1.54, 1.807) is 29.0 Å². The molecular formula is C23H29ClN4O4. The van der Waals surface area contributed by atoms with Crippen LogP contribution in [0, 0.1) is 5.92 Å². The first-order valence-electron chi connectivity index (χ1n) is 11.0. The molecular weight excluding hydrogens is 432 g/mol. The molecule has 1 fully saturated rings. The molecule has 0 radical (unpaired) electrons. The van der Waals surface area contributed by atoms with Gasteiger partial charge in [-0.25, -0.2) is 4.79 Å². The Morgan fingerprint density at radius 3 is 2.56 bits per heavy atom. The number of urea groups is 1. The first-order chi connectivity index (χ1) is 15.3. The molecule has 172 valence electrons. The van der Waals surface area contributed by atoms with E-state index in [1.807, 2.05) is 26.0 Å². The summed E-state index contributed by atoms with van der Waals surface area (Å²) in [4.78, 5) is 44.8. The maximum atomic E-state index is 13.7. The van der Waals surface area contributed by atoms with Gasteiger partial charge in [-0.05, 0) is 24.0 Å². The van der Waals surface area contributed by atoms with E-state index < -0.39 is 12.1 Å². The van der Waals surface area contributed by atoms with Gasteiger partial charge >= 0.3 is 6.03 Å². The number of hydrogen-bond donors (Lipinski definition) is 1. The average Bonchev–Trinajstić information content (AvgIpc) is 3.12. The molecule has 0 aromatic heterocycles. The Morgan fingerprint density at radius 2 is 1.91 bits per heavy atom. The van der Waals surface area contributed by atoms with E-state index in [9.17, 15) is 14.4 Å². The summed E-state index contributed by atoms with van der Waals surface area (Å²) < 4.78 is 5.39. The van der Waals surface area contributed by atoms with E-state index in [4.69, 9.17) is 16.3 Å². The molecule has 1 aromatic rings. The lowest BCUT2D eigenvalue weighted by molar-refractivity contribution is -0.146. The Hall–Kier alpha value is -2.58. The summed E-state index contributed by atoms with van der Waals surface area (Å²) in [6.07, 6.45) is 0.546. The molecule has 8 nitrogen and oxygen atoms in total. The van der Waals surface area contributed by atoms with Crippen molar-refractivity contribution in [1.82, 2.24) is 20.0 Å². The van der Waals surface area contributed by atoms with Gasteiger partial charge in [0.2, 0.25) is 5.91 Å². The van der Waals surface area contributed by atoms with Crippen LogP contribution < -0.4 is 5.32 Å². The molecule has 0 bridgehead atoms. The van der Waals surface area contributed by atoms with Gasteiger partial charge < -0.3 is 19.9 Å². The summed E-state index contributed by atoms with van der Waals surface area (Å²) in [5.41, 5.74) is 1.76. The number of benzene rings is 1. The third-order valence-electron chi connectivity index (χ3n) is 6.28. The van der Waals surface area contributed by atoms with Crippen LogP contribution in [0.25, 0.3) is 0 Å². The molecule has 0 unspecified atom stereocenters. The number of halogens is 1. The van der Waals surface area contributed by atoms with E-state index in [-0.39, 0.29) is 30.3 Å². The van der Waals surface area contributed by atoms with Crippen molar-refractivity contribution < 1.29 is 19.1 Å². The molecule has 3 aliphatic rings. The van der Waals surface area contributed by atoms with E-state index in [1.165, 1.54) is 4.90 Å². The monoisotopic (exact) mass is 460 g/mol. The van der Waals surface area contributed by atoms with Crippen molar-refractivity contribution in [2.24, 2.45) is 5.92 Å². The second-order valence-electron chi connectivity index (χ2n) is 8.84. The number of nitrogens with one attached hydrogen (secondary N) is 1. The lowest BCUT2D eigenvalue weighted by Crippen LogP contribution is -2.53. The molecule has 0 spiro atoms. The predicted octanol–water partition coefficient (Wildman–Crippen LogP) is 2.41. The van der Waals surface area contributed by atoms with Crippen LogP contribution in [0.4, 0.5) is 4.79 Å². The highest BCUT2D eigenvalue weighted by Gasteiger charge is 2.47. The Bertz CT molecular complexity index is 957. The Labute approximate surface area is 193 Å². The van der Waals surface area contributed by atoms with Crippen molar-refractivity contribution in [1.29, 1.82) is 0 Å². The molecule has 1 saturated heterocycles. The minimum absolute atomic E-state index is 0.0635. The fourth-order valence-corrected chi connectivity index (χ4v) is 4.83. The topological polar surface area (TPSA) is 82.2 Å². The molecule has 1 N–H and O–H groups in total. The van der Waals surface area contributed by atoms with Crippen molar-refractivity contribution in [3.8, 4) is 0 Å². The van der Waals surface area contributed by atoms with Crippen molar-refractivity contribution in [2.75, 3.05) is 39.9 Å². The highest BCUT2D eigenvalue weighted by molar-refractivity contribution is 6.31. The van der Waals surface area contributed by atoms with Gasteiger partial charge in [-0.3, -0.25) is 14.5 Å². The van der Waals surface area contributed by atoms with Crippen molar-refractivity contribution in [2.45, 2.75) is 32.4 Å². The number of likely N-dealkylation sites (N-methyl/N-ethyl adjacent to an activating group) is 1. The Morgan fingerprint density at radius 1 is 1.22 bits per heavy atom. The van der Waals surface area contributed by atoms with Crippen LogP contribution in [0.15, 0.2) is 35.5 Å². The van der Waals surface area contributed by atoms with E-state index in [0.29, 0.717) is 54.6 Å². The number of carbonyl (C=O) groups is 3. The second-order valence-corrected chi connectivity index (χ2v) is 9.25. The number of carbonyl (C=O) groups excluding carboxylic acids is 3. The summed E-state index contributed by atoms with van der Waals surface area (Å²) in [5, 5.41) is 3.38. The maximum absolute atomic E-state index is 13.7. The van der Waals surface area contributed by atoms with Crippen LogP contribution in [0.1, 0.15) is 31.9 Å². The van der Waals surface area contributed by atoms with Gasteiger partial charge in [0, 0.05) is 25.2 Å². The standard InChI is InChI=1S/C23H29ClN4O4/c1-14(2)12-17(21(29)27-8-10-32-11-9-27)28-13-18-19(22(28)30)20(25-23(31)26(18)3)15-6-4-5-7-16(15)24/h4-7,14,17,20H,8-13H2,1-3H3,(H,25,31)/t17-,20+/m1/s1. The first kappa shape index (κ1) is 22.6. The van der Waals surface area contributed by atoms with Gasteiger partial charge in [-0.15, -0.1) is 0 Å². The SMILES string of the molecule is CC(C)C[C@H](C(=O)N1CCOCC1)N1CC2=C(C1=O)[C@H](c1ccccc1Cl)NC(=O)N2C. The molecule has 32 heavy (non-hydrogen) atoms. The summed E-state index contributed by atoms with van der Waals surface area (Å²) in [5.74, 6) is -0.0808. The molecule has 2 atom stereocenters. The first-order valence-corrected chi connectivity index (χ1v) is 11.4. The molecule has 0 saturated carbocycles. The molecule has 3 aliphatic heterocycles. The zero-order chi connectivity index (χ0) is 23.0. The van der Waals surface area contributed by atoms with Gasteiger partial charge in [-0.1, -0.05) is 43.6 Å². The molecule has 1 aromatic carbocycles. The normalized spacial score (nSPS) is 22.4. The quantitative estimate of drug-likeness (QED) is 0.731. The molecule has 4 rings (SSSR count). The maximum Gasteiger partial charge on any atom is 0.322 e. The zero-order valence-corrected chi connectivity index (χ0v) is 19.4. The lowest BCUT2D eigenvalue weighted by atomic mass is 9.95. The predicted molar refractivity (Wildman–Crippen MR) is 120 cm³/mol. The van der Waals surface area contributed by atoms with Crippen LogP contribution in [0.3, 0.4) is 0 Å². The van der Waals surface area contributed by atoms with Gasteiger partial charge in [0.1, 0.15) is 6.04 Å². The fraction of sp³-hybridized carbons (Fsp3) is 0.522. The molecule has 4 amide bonds. The minimum atomic E-state index is -0.655. The highest BCUT2D eigenvalue weighted by atomic mass is 35.5. The van der Waals surface area contributed by atoms with Gasteiger partial charge in [0.25, 0.3) is 5.91 Å². The summed E-state index contributed by atoms with van der Waals surface area (Å²) in [7, 11) is 1.64. The van der Waals surface area contributed by atoms with Gasteiger partial charge in [0.15, 0.2) is 0 Å². The zero-order valence-electron chi connectivity index (χ0n) is 18.6. The summed E-state index contributed by atoms with van der Waals surface area (Å²) >= 11 is 6.41. The van der Waals surface area contributed by atoms with Gasteiger partial charge in [0.05, 0.1) is 37.1 Å². The number of rotatable bonds is 5. The molecule has 3 heterocycles. The largest absolute Gasteiger partial charge is 0.378 e. The lowest BCUT2D eigenvalue weighted by Gasteiger charge is -2.35. The van der Waals surface area contributed by atoms with Crippen molar-refractivity contribution >= 4 is 29.4 Å². The van der Waals surface area contributed by atoms with Crippen molar-refractivity contribution in [3.05, 3.63) is 46.1 Å². The summed E-state index contributed by atoms with van der Waals surface area (Å²) in [6, 6.07) is 5.63. The van der Waals surface area contributed by atoms with Crippen LogP contribution in [0.5, 0.6) is 0 Å². The summed E-state index contributed by atoms with van der Waals surface area (Å²) in [6.45, 7) is 6.33. The van der Waals surface area contributed by atoms with Crippen LogP contribution >= 0.6 is 11.6 Å². The number of ether oxygens (including phenoxy) is 1.